The molecule has 26 heavy (non-hydrogen) atoms. The Morgan fingerprint density at radius 2 is 2.31 bits per heavy atom. The first kappa shape index (κ1) is 17.6. The molecule has 0 aliphatic rings. The van der Waals surface area contributed by atoms with Gasteiger partial charge in [0, 0.05) is 18.4 Å². The minimum atomic E-state index is -0.246. The van der Waals surface area contributed by atoms with Crippen molar-refractivity contribution < 1.29 is 9.53 Å². The molecule has 0 radical (unpaired) electrons. The Morgan fingerprint density at radius 3 is 3.12 bits per heavy atom. The summed E-state index contributed by atoms with van der Waals surface area (Å²) < 4.78 is 5.43. The van der Waals surface area contributed by atoms with Crippen LogP contribution >= 0.6 is 0 Å². The molecule has 0 bridgehead atoms. The first-order valence-corrected chi connectivity index (χ1v) is 8.51. The minimum Gasteiger partial charge on any atom is -0.492 e. The summed E-state index contributed by atoms with van der Waals surface area (Å²) >= 11 is 0. The fourth-order valence-corrected chi connectivity index (χ4v) is 2.48. The predicted molar refractivity (Wildman–Crippen MR) is 99.9 cm³/mol. The highest BCUT2D eigenvalue weighted by Gasteiger charge is 2.13. The van der Waals surface area contributed by atoms with Gasteiger partial charge in [0.05, 0.1) is 18.3 Å². The Morgan fingerprint density at radius 1 is 1.42 bits per heavy atom. The third kappa shape index (κ3) is 4.44. The highest BCUT2D eigenvalue weighted by atomic mass is 16.5. The van der Waals surface area contributed by atoms with Crippen LogP contribution in [0.25, 0.3) is 17.2 Å². The Kier molecular flexibility index (Phi) is 5.58. The number of imidazole rings is 1. The maximum absolute atomic E-state index is 12.3. The van der Waals surface area contributed by atoms with Crippen molar-refractivity contribution in [1.29, 1.82) is 0 Å². The quantitative estimate of drug-likeness (QED) is 0.683. The maximum Gasteiger partial charge on any atom is 0.287 e. The second-order valence-electron chi connectivity index (χ2n) is 5.86. The van der Waals surface area contributed by atoms with Gasteiger partial charge in [-0.1, -0.05) is 12.2 Å². The molecule has 3 rings (SSSR count). The number of hydrogen-bond acceptors (Lipinski definition) is 5. The van der Waals surface area contributed by atoms with Crippen LogP contribution in [-0.2, 0) is 0 Å². The number of carbonyl (C=O) groups excluding carboxylic acids is 1. The van der Waals surface area contributed by atoms with Gasteiger partial charge in [-0.3, -0.25) is 9.78 Å². The van der Waals surface area contributed by atoms with E-state index >= 15 is 0 Å². The van der Waals surface area contributed by atoms with Crippen molar-refractivity contribution >= 4 is 23.1 Å². The normalized spacial score (nSPS) is 12.4. The summed E-state index contributed by atoms with van der Waals surface area (Å²) in [5.74, 6) is 0.765. The van der Waals surface area contributed by atoms with Gasteiger partial charge in [0.2, 0.25) is 0 Å². The lowest BCUT2D eigenvalue weighted by Crippen LogP contribution is -2.32. The van der Waals surface area contributed by atoms with Crippen molar-refractivity contribution in [1.82, 2.24) is 25.3 Å². The number of aromatic nitrogens is 4. The summed E-state index contributed by atoms with van der Waals surface area (Å²) in [5, 5.41) is 2.92. The summed E-state index contributed by atoms with van der Waals surface area (Å²) in [7, 11) is 0. The van der Waals surface area contributed by atoms with E-state index in [1.54, 1.807) is 24.7 Å². The van der Waals surface area contributed by atoms with Crippen LogP contribution in [0.3, 0.4) is 0 Å². The predicted octanol–water partition coefficient (Wildman–Crippen LogP) is 2.97. The van der Waals surface area contributed by atoms with E-state index in [4.69, 9.17) is 4.74 Å². The molecule has 0 saturated carbocycles. The van der Waals surface area contributed by atoms with Crippen LogP contribution in [0.2, 0.25) is 0 Å². The molecular formula is C19H21N5O2. The van der Waals surface area contributed by atoms with E-state index in [1.807, 2.05) is 38.1 Å². The third-order valence-electron chi connectivity index (χ3n) is 3.70. The number of carbonyl (C=O) groups is 1. The van der Waals surface area contributed by atoms with Gasteiger partial charge in [0.1, 0.15) is 5.75 Å². The Balaban J connectivity index is 1.55. The van der Waals surface area contributed by atoms with E-state index in [1.165, 1.54) is 0 Å². The molecule has 0 fully saturated rings. The third-order valence-corrected chi connectivity index (χ3v) is 3.70. The molecular weight excluding hydrogens is 330 g/mol. The fraction of sp³-hybridized carbons (Fsp3) is 0.263. The number of aromatic amines is 1. The Hall–Kier alpha value is -3.22. The summed E-state index contributed by atoms with van der Waals surface area (Å²) in [6.45, 7) is 4.48. The standard InChI is InChI=1S/C19H21N5O2/c1-3-26-15-10-14(11-20-12-15)7-4-6-13(2)22-19(25)18-23-16-8-5-9-21-17(16)24-18/h4-5,7-13H,3,6H2,1-2H3,(H,22,25)(H,21,23,24)/b7-4+/t13-/m0/s1. The highest BCUT2D eigenvalue weighted by Crippen LogP contribution is 2.13. The molecule has 2 N–H and O–H groups in total. The van der Waals surface area contributed by atoms with Crippen molar-refractivity contribution in [2.75, 3.05) is 6.61 Å². The van der Waals surface area contributed by atoms with Crippen molar-refractivity contribution in [3.8, 4) is 5.75 Å². The van der Waals surface area contributed by atoms with Crippen molar-refractivity contribution in [2.45, 2.75) is 26.3 Å². The van der Waals surface area contributed by atoms with E-state index < -0.39 is 0 Å². The molecule has 3 aromatic heterocycles. The number of amides is 1. The number of nitrogens with zero attached hydrogens (tertiary/aromatic N) is 3. The van der Waals surface area contributed by atoms with Gasteiger partial charge in [0.15, 0.2) is 11.5 Å². The van der Waals surface area contributed by atoms with E-state index in [9.17, 15) is 4.79 Å². The molecule has 0 unspecified atom stereocenters. The molecule has 0 aromatic carbocycles. The Labute approximate surface area is 151 Å². The summed E-state index contributed by atoms with van der Waals surface area (Å²) in [6.07, 6.45) is 9.74. The van der Waals surface area contributed by atoms with Crippen LogP contribution in [0.4, 0.5) is 0 Å². The van der Waals surface area contributed by atoms with Crippen LogP contribution in [0.5, 0.6) is 5.75 Å². The molecule has 7 heteroatoms. The molecule has 134 valence electrons. The van der Waals surface area contributed by atoms with Crippen LogP contribution in [0, 0.1) is 0 Å². The zero-order valence-corrected chi connectivity index (χ0v) is 14.8. The second-order valence-corrected chi connectivity index (χ2v) is 5.86. The second kappa shape index (κ2) is 8.24. The summed E-state index contributed by atoms with van der Waals surface area (Å²) in [4.78, 5) is 27.7. The van der Waals surface area contributed by atoms with Gasteiger partial charge in [-0.25, -0.2) is 9.97 Å². The highest BCUT2D eigenvalue weighted by molar-refractivity contribution is 5.93. The molecule has 7 nitrogen and oxygen atoms in total. The number of ether oxygens (including phenoxy) is 1. The molecule has 1 amide bonds. The molecule has 3 aromatic rings. The largest absolute Gasteiger partial charge is 0.492 e. The van der Waals surface area contributed by atoms with Crippen molar-refractivity contribution in [3.63, 3.8) is 0 Å². The summed E-state index contributed by atoms with van der Waals surface area (Å²) in [5.41, 5.74) is 2.23. The molecule has 3 heterocycles. The van der Waals surface area contributed by atoms with Gasteiger partial charge < -0.3 is 15.0 Å². The Bertz CT molecular complexity index is 886. The average Bonchev–Trinajstić information content (AvgIpc) is 3.07. The number of pyridine rings is 2. The minimum absolute atomic E-state index is 0.0389. The molecule has 0 aliphatic carbocycles. The zero-order valence-electron chi connectivity index (χ0n) is 14.8. The van der Waals surface area contributed by atoms with Gasteiger partial charge in [-0.2, -0.15) is 0 Å². The molecule has 0 spiro atoms. The van der Waals surface area contributed by atoms with Gasteiger partial charge >= 0.3 is 0 Å². The van der Waals surface area contributed by atoms with Gasteiger partial charge in [-0.05, 0) is 44.0 Å². The van der Waals surface area contributed by atoms with Crippen LogP contribution in [0.1, 0.15) is 36.5 Å². The number of nitrogens with one attached hydrogen (secondary N) is 2. The van der Waals surface area contributed by atoms with Crippen LogP contribution in [0.15, 0.2) is 42.9 Å². The lowest BCUT2D eigenvalue weighted by atomic mass is 10.2. The van der Waals surface area contributed by atoms with Crippen LogP contribution in [-0.4, -0.2) is 38.5 Å². The monoisotopic (exact) mass is 351 g/mol. The molecule has 1 atom stereocenters. The van der Waals surface area contributed by atoms with E-state index in [0.717, 1.165) is 16.8 Å². The average molecular weight is 351 g/mol. The fourth-order valence-electron chi connectivity index (χ4n) is 2.48. The lowest BCUT2D eigenvalue weighted by molar-refractivity contribution is 0.0931. The van der Waals surface area contributed by atoms with Crippen molar-refractivity contribution in [2.24, 2.45) is 0 Å². The van der Waals surface area contributed by atoms with Crippen LogP contribution < -0.4 is 10.1 Å². The SMILES string of the molecule is CCOc1cncc(/C=C/C[C@H](C)NC(=O)c2nc3ncccc3[nH]2)c1. The first-order chi connectivity index (χ1) is 12.7. The topological polar surface area (TPSA) is 92.8 Å². The van der Waals surface area contributed by atoms with E-state index in [-0.39, 0.29) is 17.8 Å². The lowest BCUT2D eigenvalue weighted by Gasteiger charge is -2.10. The number of H-pyrrole nitrogens is 1. The smallest absolute Gasteiger partial charge is 0.287 e. The van der Waals surface area contributed by atoms with E-state index in [2.05, 4.69) is 25.3 Å². The maximum atomic E-state index is 12.3. The molecule has 0 saturated heterocycles. The number of hydrogen-bond donors (Lipinski definition) is 2. The van der Waals surface area contributed by atoms with Gasteiger partial charge in [-0.15, -0.1) is 0 Å². The van der Waals surface area contributed by atoms with Crippen molar-refractivity contribution in [3.05, 3.63) is 54.3 Å². The molecule has 0 aliphatic heterocycles. The van der Waals surface area contributed by atoms with Gasteiger partial charge in [0.25, 0.3) is 5.91 Å². The zero-order chi connectivity index (χ0) is 18.4. The van der Waals surface area contributed by atoms with E-state index in [0.29, 0.717) is 18.7 Å². The first-order valence-electron chi connectivity index (χ1n) is 8.51. The summed E-state index contributed by atoms with van der Waals surface area (Å²) in [6, 6.07) is 5.52. The number of fused-ring (bicyclic) bond motifs is 1. The number of rotatable bonds is 7.